The number of benzene rings is 1. The summed E-state index contributed by atoms with van der Waals surface area (Å²) in [6, 6.07) is 5.37. The Balaban J connectivity index is 2.19. The molecule has 2 rings (SSSR count). The van der Waals surface area contributed by atoms with Gasteiger partial charge in [-0.1, -0.05) is 0 Å². The van der Waals surface area contributed by atoms with E-state index in [1.807, 2.05) is 0 Å². The fourth-order valence-corrected chi connectivity index (χ4v) is 2.77. The Labute approximate surface area is 152 Å². The minimum Gasteiger partial charge on any atom is -0.497 e. The molecule has 7 heteroatoms. The van der Waals surface area contributed by atoms with E-state index in [4.69, 9.17) is 14.2 Å². The molecule has 0 unspecified atom stereocenters. The number of carbonyl (C=O) groups is 2. The van der Waals surface area contributed by atoms with Crippen LogP contribution in [0.4, 0.5) is 0 Å². The minimum atomic E-state index is -0.438. The van der Waals surface area contributed by atoms with Crippen molar-refractivity contribution >= 4 is 11.9 Å². The van der Waals surface area contributed by atoms with Crippen molar-refractivity contribution in [2.75, 3.05) is 20.8 Å². The van der Waals surface area contributed by atoms with Crippen molar-refractivity contribution in [3.05, 3.63) is 46.3 Å². The lowest BCUT2D eigenvalue weighted by Gasteiger charge is -2.11. The molecule has 140 valence electrons. The van der Waals surface area contributed by atoms with Crippen LogP contribution in [0.25, 0.3) is 0 Å². The molecule has 2 N–H and O–H groups in total. The van der Waals surface area contributed by atoms with Crippen molar-refractivity contribution in [1.82, 2.24) is 10.3 Å². The summed E-state index contributed by atoms with van der Waals surface area (Å²) in [6.07, 6.45) is 0. The summed E-state index contributed by atoms with van der Waals surface area (Å²) in [5.74, 6) is 0.572. The second-order valence-electron chi connectivity index (χ2n) is 5.71. The van der Waals surface area contributed by atoms with Gasteiger partial charge in [0.25, 0.3) is 5.91 Å². The molecule has 0 aliphatic carbocycles. The minimum absolute atomic E-state index is 0.255. The first-order valence-corrected chi connectivity index (χ1v) is 8.28. The topological polar surface area (TPSA) is 89.7 Å². The lowest BCUT2D eigenvalue weighted by molar-refractivity contribution is 0.0525. The van der Waals surface area contributed by atoms with Gasteiger partial charge in [0.2, 0.25) is 0 Å². The van der Waals surface area contributed by atoms with E-state index in [-0.39, 0.29) is 19.1 Å². The van der Waals surface area contributed by atoms with E-state index in [2.05, 4.69) is 10.3 Å². The summed E-state index contributed by atoms with van der Waals surface area (Å²) in [7, 11) is 3.14. The highest BCUT2D eigenvalue weighted by atomic mass is 16.5. The van der Waals surface area contributed by atoms with Crippen molar-refractivity contribution in [2.24, 2.45) is 0 Å². The average Bonchev–Trinajstić information content (AvgIpc) is 2.94. The van der Waals surface area contributed by atoms with Crippen molar-refractivity contribution in [3.63, 3.8) is 0 Å². The van der Waals surface area contributed by atoms with Gasteiger partial charge in [-0.15, -0.1) is 0 Å². The Morgan fingerprint density at radius 1 is 1.15 bits per heavy atom. The zero-order valence-corrected chi connectivity index (χ0v) is 15.7. The molecule has 0 aliphatic rings. The van der Waals surface area contributed by atoms with Gasteiger partial charge in [0.05, 0.1) is 26.4 Å². The second-order valence-corrected chi connectivity index (χ2v) is 5.71. The Morgan fingerprint density at radius 3 is 2.50 bits per heavy atom. The van der Waals surface area contributed by atoms with E-state index >= 15 is 0 Å². The van der Waals surface area contributed by atoms with Crippen LogP contribution >= 0.6 is 0 Å². The van der Waals surface area contributed by atoms with Crippen LogP contribution in [0.5, 0.6) is 11.5 Å². The van der Waals surface area contributed by atoms with Crippen LogP contribution in [0.1, 0.15) is 44.6 Å². The molecule has 26 heavy (non-hydrogen) atoms. The number of esters is 1. The zero-order chi connectivity index (χ0) is 19.3. The molecule has 2 aromatic rings. The SMILES string of the molecule is CCOC(=O)c1c(C)[nH]c(C(=O)NCc2cc(OC)ccc2OC)c1C. The molecule has 1 aromatic heterocycles. The van der Waals surface area contributed by atoms with E-state index in [0.29, 0.717) is 34.0 Å². The maximum Gasteiger partial charge on any atom is 0.340 e. The van der Waals surface area contributed by atoms with Crippen molar-refractivity contribution in [2.45, 2.75) is 27.3 Å². The summed E-state index contributed by atoms with van der Waals surface area (Å²) < 4.78 is 15.6. The van der Waals surface area contributed by atoms with E-state index in [9.17, 15) is 9.59 Å². The molecule has 1 heterocycles. The van der Waals surface area contributed by atoms with Crippen LogP contribution < -0.4 is 14.8 Å². The maximum atomic E-state index is 12.6. The average molecular weight is 360 g/mol. The monoisotopic (exact) mass is 360 g/mol. The van der Waals surface area contributed by atoms with Gasteiger partial charge in [0.15, 0.2) is 0 Å². The first-order valence-electron chi connectivity index (χ1n) is 8.28. The molecule has 0 fully saturated rings. The molecule has 7 nitrogen and oxygen atoms in total. The van der Waals surface area contributed by atoms with Crippen LogP contribution in [0.3, 0.4) is 0 Å². The number of aromatic nitrogens is 1. The van der Waals surface area contributed by atoms with E-state index in [1.165, 1.54) is 0 Å². The molecule has 1 amide bonds. The largest absolute Gasteiger partial charge is 0.497 e. The molecular formula is C19H24N2O5. The number of rotatable bonds is 7. The molecule has 1 aromatic carbocycles. The highest BCUT2D eigenvalue weighted by Crippen LogP contribution is 2.24. The molecule has 0 saturated heterocycles. The Morgan fingerprint density at radius 2 is 1.88 bits per heavy atom. The summed E-state index contributed by atoms with van der Waals surface area (Å²) in [5.41, 5.74) is 2.69. The number of aromatic amines is 1. The van der Waals surface area contributed by atoms with Gasteiger partial charge in [0.1, 0.15) is 17.2 Å². The lowest BCUT2D eigenvalue weighted by atomic mass is 10.1. The summed E-state index contributed by atoms with van der Waals surface area (Å²) in [5, 5.41) is 2.84. The third kappa shape index (κ3) is 3.99. The lowest BCUT2D eigenvalue weighted by Crippen LogP contribution is -2.24. The first kappa shape index (κ1) is 19.4. The highest BCUT2D eigenvalue weighted by molar-refractivity contribution is 6.00. The molecule has 0 bridgehead atoms. The third-order valence-corrected chi connectivity index (χ3v) is 4.07. The van der Waals surface area contributed by atoms with Gasteiger partial charge in [-0.3, -0.25) is 4.79 Å². The molecule has 0 aliphatic heterocycles. The number of amides is 1. The third-order valence-electron chi connectivity index (χ3n) is 4.07. The Hall–Kier alpha value is -2.96. The molecular weight excluding hydrogens is 336 g/mol. The number of H-pyrrole nitrogens is 1. The summed E-state index contributed by atoms with van der Waals surface area (Å²) >= 11 is 0. The van der Waals surface area contributed by atoms with Gasteiger partial charge >= 0.3 is 5.97 Å². The van der Waals surface area contributed by atoms with Crippen molar-refractivity contribution in [3.8, 4) is 11.5 Å². The maximum absolute atomic E-state index is 12.6. The Bertz CT molecular complexity index is 811. The smallest absolute Gasteiger partial charge is 0.340 e. The quantitative estimate of drug-likeness (QED) is 0.741. The first-order chi connectivity index (χ1) is 12.4. The fourth-order valence-electron chi connectivity index (χ4n) is 2.77. The highest BCUT2D eigenvalue weighted by Gasteiger charge is 2.22. The molecule has 0 saturated carbocycles. The van der Waals surface area contributed by atoms with Crippen LogP contribution in [0.2, 0.25) is 0 Å². The second kappa shape index (κ2) is 8.42. The van der Waals surface area contributed by atoms with Crippen molar-refractivity contribution < 1.29 is 23.8 Å². The van der Waals surface area contributed by atoms with Gasteiger partial charge in [-0.05, 0) is 44.5 Å². The van der Waals surface area contributed by atoms with E-state index in [1.54, 1.807) is 53.2 Å². The number of ether oxygens (including phenoxy) is 3. The normalized spacial score (nSPS) is 10.3. The fraction of sp³-hybridized carbons (Fsp3) is 0.368. The number of hydrogen-bond donors (Lipinski definition) is 2. The number of aryl methyl sites for hydroxylation is 1. The molecule has 0 spiro atoms. The standard InChI is InChI=1S/C19H24N2O5/c1-6-26-19(23)16-11(2)17(21-12(16)3)18(22)20-10-13-9-14(24-4)7-8-15(13)25-5/h7-9,21H,6,10H2,1-5H3,(H,20,22). The van der Waals surface area contributed by atoms with E-state index in [0.717, 1.165) is 5.56 Å². The number of carbonyl (C=O) groups excluding carboxylic acids is 2. The summed E-state index contributed by atoms with van der Waals surface area (Å²) in [6.45, 7) is 5.73. The van der Waals surface area contributed by atoms with Gasteiger partial charge < -0.3 is 24.5 Å². The number of nitrogens with one attached hydrogen (secondary N) is 2. The van der Waals surface area contributed by atoms with Gasteiger partial charge in [-0.2, -0.15) is 0 Å². The number of methoxy groups -OCH3 is 2. The van der Waals surface area contributed by atoms with E-state index < -0.39 is 5.97 Å². The zero-order valence-electron chi connectivity index (χ0n) is 15.7. The molecule has 0 atom stereocenters. The predicted octanol–water partition coefficient (Wildman–Crippen LogP) is 2.76. The van der Waals surface area contributed by atoms with Crippen LogP contribution in [0.15, 0.2) is 18.2 Å². The predicted molar refractivity (Wildman–Crippen MR) is 96.9 cm³/mol. The van der Waals surface area contributed by atoms with Crippen LogP contribution in [0, 0.1) is 13.8 Å². The summed E-state index contributed by atoms with van der Waals surface area (Å²) in [4.78, 5) is 27.6. The van der Waals surface area contributed by atoms with Crippen molar-refractivity contribution in [1.29, 1.82) is 0 Å². The van der Waals surface area contributed by atoms with Crippen LogP contribution in [-0.2, 0) is 11.3 Å². The molecule has 0 radical (unpaired) electrons. The number of hydrogen-bond acceptors (Lipinski definition) is 5. The Kier molecular flexibility index (Phi) is 6.27. The van der Waals surface area contributed by atoms with Gasteiger partial charge in [-0.25, -0.2) is 4.79 Å². The van der Waals surface area contributed by atoms with Crippen LogP contribution in [-0.4, -0.2) is 37.7 Å². The van der Waals surface area contributed by atoms with Gasteiger partial charge in [0, 0.05) is 17.8 Å².